The van der Waals surface area contributed by atoms with E-state index in [0.29, 0.717) is 18.5 Å². The van der Waals surface area contributed by atoms with Gasteiger partial charge in [0.05, 0.1) is 11.5 Å². The van der Waals surface area contributed by atoms with E-state index in [0.717, 1.165) is 12.2 Å². The van der Waals surface area contributed by atoms with Crippen LogP contribution in [0.5, 0.6) is 0 Å². The van der Waals surface area contributed by atoms with E-state index in [9.17, 15) is 9.59 Å². The molecule has 1 N–H and O–H groups in total. The van der Waals surface area contributed by atoms with Crippen LogP contribution in [0, 0.1) is 5.92 Å². The number of aliphatic carboxylic acids is 1. The van der Waals surface area contributed by atoms with E-state index < -0.39 is 11.9 Å². The average Bonchev–Trinajstić information content (AvgIpc) is 2.46. The highest BCUT2D eigenvalue weighted by molar-refractivity contribution is 5.94. The van der Waals surface area contributed by atoms with Crippen molar-refractivity contribution in [1.82, 2.24) is 9.88 Å². The van der Waals surface area contributed by atoms with Gasteiger partial charge < -0.3 is 14.9 Å². The maximum atomic E-state index is 12.3. The number of carbonyl (C=O) groups is 2. The molecule has 0 spiro atoms. The number of amides is 1. The molecule has 1 aromatic rings. The molecule has 1 aliphatic rings. The second-order valence-corrected chi connectivity index (χ2v) is 5.23. The van der Waals surface area contributed by atoms with Gasteiger partial charge in [-0.05, 0) is 25.0 Å². The second kappa shape index (κ2) is 5.90. The third-order valence-corrected chi connectivity index (χ3v) is 3.51. The molecule has 0 radical (unpaired) electrons. The van der Waals surface area contributed by atoms with Gasteiger partial charge in [-0.25, -0.2) is 4.98 Å². The normalized spacial score (nSPS) is 18.7. The molecule has 0 unspecified atom stereocenters. The lowest BCUT2D eigenvalue weighted by Crippen LogP contribution is -2.42. The smallest absolute Gasteiger partial charge is 0.308 e. The number of carboxylic acid groups (broad SMARTS) is 1. The summed E-state index contributed by atoms with van der Waals surface area (Å²) in [6.45, 7) is 0.891. The van der Waals surface area contributed by atoms with E-state index in [1.54, 1.807) is 23.2 Å². The number of pyridine rings is 1. The standard InChI is InChI=1S/C14H19N3O3/c1-16(2)12-6-5-10(8-15-12)13(18)17-7-3-4-11(9-17)14(19)20/h5-6,8,11H,3-4,7,9H2,1-2H3,(H,19,20)/t11-/m1/s1. The Morgan fingerprint density at radius 1 is 1.40 bits per heavy atom. The van der Waals surface area contributed by atoms with Crippen molar-refractivity contribution in [2.24, 2.45) is 5.92 Å². The molecule has 0 aromatic carbocycles. The number of anilines is 1. The van der Waals surface area contributed by atoms with Gasteiger partial charge in [-0.3, -0.25) is 9.59 Å². The number of likely N-dealkylation sites (tertiary alicyclic amines) is 1. The van der Waals surface area contributed by atoms with Gasteiger partial charge in [0.2, 0.25) is 0 Å². The van der Waals surface area contributed by atoms with Gasteiger partial charge in [0, 0.05) is 33.4 Å². The van der Waals surface area contributed by atoms with E-state index in [4.69, 9.17) is 5.11 Å². The van der Waals surface area contributed by atoms with Gasteiger partial charge in [-0.1, -0.05) is 0 Å². The summed E-state index contributed by atoms with van der Waals surface area (Å²) in [6.07, 6.45) is 2.91. The lowest BCUT2D eigenvalue weighted by molar-refractivity contribution is -0.143. The van der Waals surface area contributed by atoms with E-state index >= 15 is 0 Å². The lowest BCUT2D eigenvalue weighted by Gasteiger charge is -2.30. The first-order valence-corrected chi connectivity index (χ1v) is 6.64. The lowest BCUT2D eigenvalue weighted by atomic mass is 9.98. The van der Waals surface area contributed by atoms with Crippen molar-refractivity contribution < 1.29 is 14.7 Å². The maximum absolute atomic E-state index is 12.3. The molecule has 108 valence electrons. The molecule has 1 aliphatic heterocycles. The Hall–Kier alpha value is -2.11. The van der Waals surface area contributed by atoms with E-state index in [1.807, 2.05) is 19.0 Å². The van der Waals surface area contributed by atoms with Gasteiger partial charge >= 0.3 is 5.97 Å². The highest BCUT2D eigenvalue weighted by atomic mass is 16.4. The molecular formula is C14H19N3O3. The average molecular weight is 277 g/mol. The first-order valence-electron chi connectivity index (χ1n) is 6.64. The van der Waals surface area contributed by atoms with Crippen molar-refractivity contribution in [3.8, 4) is 0 Å². The van der Waals surface area contributed by atoms with Crippen molar-refractivity contribution in [3.63, 3.8) is 0 Å². The van der Waals surface area contributed by atoms with Gasteiger partial charge in [0.1, 0.15) is 5.82 Å². The van der Waals surface area contributed by atoms with Crippen LogP contribution in [0.2, 0.25) is 0 Å². The SMILES string of the molecule is CN(C)c1ccc(C(=O)N2CCC[C@@H](C(=O)O)C2)cn1. The zero-order valence-electron chi connectivity index (χ0n) is 11.7. The summed E-state index contributed by atoms with van der Waals surface area (Å²) in [4.78, 5) is 31.0. The highest BCUT2D eigenvalue weighted by Crippen LogP contribution is 2.19. The van der Waals surface area contributed by atoms with Crippen molar-refractivity contribution in [1.29, 1.82) is 0 Å². The summed E-state index contributed by atoms with van der Waals surface area (Å²) in [5.41, 5.74) is 0.502. The van der Waals surface area contributed by atoms with Crippen molar-refractivity contribution in [2.45, 2.75) is 12.8 Å². The minimum absolute atomic E-state index is 0.145. The fourth-order valence-electron chi connectivity index (χ4n) is 2.32. The fraction of sp³-hybridized carbons (Fsp3) is 0.500. The largest absolute Gasteiger partial charge is 0.481 e. The molecule has 2 heterocycles. The van der Waals surface area contributed by atoms with Crippen molar-refractivity contribution >= 4 is 17.7 Å². The number of rotatable bonds is 3. The van der Waals surface area contributed by atoms with Crippen LogP contribution in [0.15, 0.2) is 18.3 Å². The number of nitrogens with zero attached hydrogens (tertiary/aromatic N) is 3. The third-order valence-electron chi connectivity index (χ3n) is 3.51. The number of hydrogen-bond donors (Lipinski definition) is 1. The van der Waals surface area contributed by atoms with Gasteiger partial charge in [-0.15, -0.1) is 0 Å². The first kappa shape index (κ1) is 14.3. The molecule has 1 amide bonds. The van der Waals surface area contributed by atoms with E-state index in [2.05, 4.69) is 4.98 Å². The molecule has 2 rings (SSSR count). The van der Waals surface area contributed by atoms with Gasteiger partial charge in [0.25, 0.3) is 5.91 Å². The molecule has 0 saturated carbocycles. The topological polar surface area (TPSA) is 73.7 Å². The summed E-state index contributed by atoms with van der Waals surface area (Å²) in [5, 5.41) is 9.05. The molecule has 1 fully saturated rings. The molecule has 6 heteroatoms. The molecule has 20 heavy (non-hydrogen) atoms. The summed E-state index contributed by atoms with van der Waals surface area (Å²) in [5.74, 6) is -0.650. The van der Waals surface area contributed by atoms with E-state index in [1.165, 1.54) is 0 Å². The predicted molar refractivity (Wildman–Crippen MR) is 74.8 cm³/mol. The Morgan fingerprint density at radius 2 is 2.15 bits per heavy atom. The molecular weight excluding hydrogens is 258 g/mol. The van der Waals surface area contributed by atoms with Crippen LogP contribution in [-0.4, -0.2) is 54.1 Å². The summed E-state index contributed by atoms with van der Waals surface area (Å²) in [7, 11) is 3.76. The monoisotopic (exact) mass is 277 g/mol. The first-order chi connectivity index (χ1) is 9.49. The number of hydrogen-bond acceptors (Lipinski definition) is 4. The predicted octanol–water partition coefficient (Wildman–Crippen LogP) is 1.08. The number of aromatic nitrogens is 1. The van der Waals surface area contributed by atoms with Gasteiger partial charge in [-0.2, -0.15) is 0 Å². The van der Waals surface area contributed by atoms with E-state index in [-0.39, 0.29) is 12.5 Å². The van der Waals surface area contributed by atoms with Crippen LogP contribution in [0.3, 0.4) is 0 Å². The van der Waals surface area contributed by atoms with Crippen LogP contribution in [0.25, 0.3) is 0 Å². The summed E-state index contributed by atoms with van der Waals surface area (Å²) >= 11 is 0. The zero-order valence-corrected chi connectivity index (χ0v) is 11.7. The van der Waals surface area contributed by atoms with Gasteiger partial charge in [0.15, 0.2) is 0 Å². The Labute approximate surface area is 118 Å². The van der Waals surface area contributed by atoms with Crippen LogP contribution < -0.4 is 4.90 Å². The zero-order chi connectivity index (χ0) is 14.7. The number of carbonyl (C=O) groups excluding carboxylic acids is 1. The minimum Gasteiger partial charge on any atom is -0.481 e. The maximum Gasteiger partial charge on any atom is 0.308 e. The third kappa shape index (κ3) is 3.07. The Morgan fingerprint density at radius 3 is 2.70 bits per heavy atom. The second-order valence-electron chi connectivity index (χ2n) is 5.23. The molecule has 1 aromatic heterocycles. The quantitative estimate of drug-likeness (QED) is 0.895. The molecule has 1 saturated heterocycles. The minimum atomic E-state index is -0.830. The summed E-state index contributed by atoms with van der Waals surface area (Å²) in [6, 6.07) is 3.51. The fourth-order valence-corrected chi connectivity index (χ4v) is 2.32. The van der Waals surface area contributed by atoms with Crippen molar-refractivity contribution in [2.75, 3.05) is 32.1 Å². The van der Waals surface area contributed by atoms with Crippen LogP contribution in [0.4, 0.5) is 5.82 Å². The number of piperidine rings is 1. The van der Waals surface area contributed by atoms with Crippen LogP contribution in [0.1, 0.15) is 23.2 Å². The van der Waals surface area contributed by atoms with Crippen LogP contribution >= 0.6 is 0 Å². The molecule has 6 nitrogen and oxygen atoms in total. The summed E-state index contributed by atoms with van der Waals surface area (Å²) < 4.78 is 0. The Balaban J connectivity index is 2.08. The Bertz CT molecular complexity index is 499. The Kier molecular flexibility index (Phi) is 4.22. The highest BCUT2D eigenvalue weighted by Gasteiger charge is 2.28. The number of carboxylic acids is 1. The molecule has 0 aliphatic carbocycles. The molecule has 1 atom stereocenters. The van der Waals surface area contributed by atoms with Crippen LogP contribution in [-0.2, 0) is 4.79 Å². The molecule has 0 bridgehead atoms. The van der Waals surface area contributed by atoms with Crippen molar-refractivity contribution in [3.05, 3.63) is 23.9 Å².